The van der Waals surface area contributed by atoms with Crippen molar-refractivity contribution in [1.29, 1.82) is 0 Å². The second kappa shape index (κ2) is 9.90. The lowest BCUT2D eigenvalue weighted by Gasteiger charge is -2.31. The number of rotatable bonds is 9. The van der Waals surface area contributed by atoms with E-state index in [1.165, 1.54) is 24.9 Å². The van der Waals surface area contributed by atoms with Crippen molar-refractivity contribution in [3.63, 3.8) is 0 Å². The fourth-order valence-electron chi connectivity index (χ4n) is 3.33. The van der Waals surface area contributed by atoms with Gasteiger partial charge in [0, 0.05) is 19.7 Å². The average molecular weight is 462 g/mol. The van der Waals surface area contributed by atoms with Crippen LogP contribution in [0, 0.1) is 0 Å². The van der Waals surface area contributed by atoms with E-state index in [1.807, 2.05) is 30.3 Å². The molecule has 0 bridgehead atoms. The maximum absolute atomic E-state index is 13.4. The predicted octanol–water partition coefficient (Wildman–Crippen LogP) is 1.73. The van der Waals surface area contributed by atoms with E-state index in [1.54, 1.807) is 19.1 Å². The standard InChI is InChI=1S/C22H27N3O6S/c1-4-32(28,29)25(18-10-11-19-20(12-18)31-15-30-19)14-21(26)24(16(2)22(27)23-3)13-17-8-6-5-7-9-17/h5-12,16H,4,13-15H2,1-3H3,(H,23,27)/t16-/m0/s1. The van der Waals surface area contributed by atoms with Gasteiger partial charge < -0.3 is 19.7 Å². The molecule has 0 saturated heterocycles. The molecular weight excluding hydrogens is 434 g/mol. The second-order valence-electron chi connectivity index (χ2n) is 7.24. The number of ether oxygens (including phenoxy) is 2. The normalized spacial score (nSPS) is 13.3. The summed E-state index contributed by atoms with van der Waals surface area (Å²) in [4.78, 5) is 27.1. The third-order valence-electron chi connectivity index (χ3n) is 5.23. The molecule has 1 atom stereocenters. The Balaban J connectivity index is 1.93. The number of fused-ring (bicyclic) bond motifs is 1. The highest BCUT2D eigenvalue weighted by molar-refractivity contribution is 7.92. The zero-order valence-corrected chi connectivity index (χ0v) is 19.1. The zero-order chi connectivity index (χ0) is 23.3. The van der Waals surface area contributed by atoms with Crippen LogP contribution in [0.4, 0.5) is 5.69 Å². The third-order valence-corrected chi connectivity index (χ3v) is 6.97. The van der Waals surface area contributed by atoms with Crippen molar-refractivity contribution in [2.45, 2.75) is 26.4 Å². The summed E-state index contributed by atoms with van der Waals surface area (Å²) in [5.41, 5.74) is 1.11. The lowest BCUT2D eigenvalue weighted by Crippen LogP contribution is -2.50. The highest BCUT2D eigenvalue weighted by Gasteiger charge is 2.31. The molecule has 0 radical (unpaired) electrons. The number of nitrogens with zero attached hydrogens (tertiary/aromatic N) is 2. The van der Waals surface area contributed by atoms with Crippen molar-refractivity contribution < 1.29 is 27.5 Å². The number of amides is 2. The molecule has 0 aromatic heterocycles. The van der Waals surface area contributed by atoms with E-state index in [9.17, 15) is 18.0 Å². The topological polar surface area (TPSA) is 105 Å². The third kappa shape index (κ3) is 5.13. The summed E-state index contributed by atoms with van der Waals surface area (Å²) >= 11 is 0. The SMILES string of the molecule is CCS(=O)(=O)N(CC(=O)N(Cc1ccccc1)[C@@H](C)C(=O)NC)c1ccc2c(c1)OCO2. The van der Waals surface area contributed by atoms with Crippen molar-refractivity contribution in [1.82, 2.24) is 10.2 Å². The lowest BCUT2D eigenvalue weighted by molar-refractivity contribution is -0.139. The quantitative estimate of drug-likeness (QED) is 0.610. The molecule has 1 aliphatic heterocycles. The van der Waals surface area contributed by atoms with Crippen LogP contribution in [0.25, 0.3) is 0 Å². The van der Waals surface area contributed by atoms with E-state index < -0.39 is 28.5 Å². The number of anilines is 1. The van der Waals surface area contributed by atoms with Gasteiger partial charge in [0.1, 0.15) is 12.6 Å². The monoisotopic (exact) mass is 461 g/mol. The number of hydrogen-bond donors (Lipinski definition) is 1. The first-order chi connectivity index (χ1) is 15.3. The Morgan fingerprint density at radius 1 is 1.09 bits per heavy atom. The molecule has 1 N–H and O–H groups in total. The summed E-state index contributed by atoms with van der Waals surface area (Å²) in [6, 6.07) is 13.1. The van der Waals surface area contributed by atoms with Crippen LogP contribution >= 0.6 is 0 Å². The second-order valence-corrected chi connectivity index (χ2v) is 9.42. The molecule has 1 heterocycles. The van der Waals surface area contributed by atoms with Gasteiger partial charge in [0.25, 0.3) is 0 Å². The number of hydrogen-bond acceptors (Lipinski definition) is 6. The molecule has 9 nitrogen and oxygen atoms in total. The van der Waals surface area contributed by atoms with Crippen molar-refractivity contribution in [3.8, 4) is 11.5 Å². The van der Waals surface area contributed by atoms with Crippen LogP contribution < -0.4 is 19.1 Å². The molecule has 1 aliphatic rings. The van der Waals surface area contributed by atoms with Gasteiger partial charge in [-0.25, -0.2) is 8.42 Å². The van der Waals surface area contributed by atoms with Gasteiger partial charge in [-0.1, -0.05) is 30.3 Å². The molecule has 172 valence electrons. The highest BCUT2D eigenvalue weighted by atomic mass is 32.2. The molecule has 0 spiro atoms. The summed E-state index contributed by atoms with van der Waals surface area (Å²) in [5, 5.41) is 2.55. The number of benzene rings is 2. The van der Waals surface area contributed by atoms with E-state index >= 15 is 0 Å². The Kier molecular flexibility index (Phi) is 7.24. The Hall–Kier alpha value is -3.27. The molecular formula is C22H27N3O6S. The number of likely N-dealkylation sites (N-methyl/N-ethyl adjacent to an activating group) is 1. The number of carbonyl (C=O) groups is 2. The lowest BCUT2D eigenvalue weighted by atomic mass is 10.1. The van der Waals surface area contributed by atoms with Crippen LogP contribution in [0.1, 0.15) is 19.4 Å². The fourth-order valence-corrected chi connectivity index (χ4v) is 4.39. The van der Waals surface area contributed by atoms with Gasteiger partial charge in [0.05, 0.1) is 11.4 Å². The van der Waals surface area contributed by atoms with E-state index in [0.717, 1.165) is 9.87 Å². The van der Waals surface area contributed by atoms with Gasteiger partial charge >= 0.3 is 0 Å². The summed E-state index contributed by atoms with van der Waals surface area (Å²) < 4.78 is 37.5. The number of sulfonamides is 1. The molecule has 0 saturated carbocycles. The van der Waals surface area contributed by atoms with E-state index in [2.05, 4.69) is 5.32 Å². The molecule has 10 heteroatoms. The molecule has 0 unspecified atom stereocenters. The average Bonchev–Trinajstić information content (AvgIpc) is 3.28. The minimum atomic E-state index is -3.79. The maximum Gasteiger partial charge on any atom is 0.244 e. The first-order valence-corrected chi connectivity index (χ1v) is 11.8. The Morgan fingerprint density at radius 3 is 2.44 bits per heavy atom. The molecule has 2 aromatic carbocycles. The predicted molar refractivity (Wildman–Crippen MR) is 120 cm³/mol. The molecule has 3 rings (SSSR count). The molecule has 2 amide bonds. The molecule has 2 aromatic rings. The van der Waals surface area contributed by atoms with Gasteiger partial charge in [-0.15, -0.1) is 0 Å². The summed E-state index contributed by atoms with van der Waals surface area (Å²) in [5.74, 6) is -0.126. The van der Waals surface area contributed by atoms with Crippen LogP contribution in [-0.2, 0) is 26.2 Å². The summed E-state index contributed by atoms with van der Waals surface area (Å²) in [6.45, 7) is 2.87. The zero-order valence-electron chi connectivity index (χ0n) is 18.3. The van der Waals surface area contributed by atoms with Crippen LogP contribution in [0.2, 0.25) is 0 Å². The fraction of sp³-hybridized carbons (Fsp3) is 0.364. The van der Waals surface area contributed by atoms with E-state index in [4.69, 9.17) is 9.47 Å². The molecule has 0 fully saturated rings. The maximum atomic E-state index is 13.4. The first kappa shape index (κ1) is 23.4. The smallest absolute Gasteiger partial charge is 0.244 e. The van der Waals surface area contributed by atoms with Crippen LogP contribution in [0.5, 0.6) is 11.5 Å². The van der Waals surface area contributed by atoms with Gasteiger partial charge in [-0.2, -0.15) is 0 Å². The van der Waals surface area contributed by atoms with Crippen molar-refractivity contribution >= 4 is 27.5 Å². The number of carbonyl (C=O) groups excluding carboxylic acids is 2. The largest absolute Gasteiger partial charge is 0.454 e. The van der Waals surface area contributed by atoms with Gasteiger partial charge in [-0.3, -0.25) is 13.9 Å². The highest BCUT2D eigenvalue weighted by Crippen LogP contribution is 2.36. The Morgan fingerprint density at radius 2 is 1.78 bits per heavy atom. The van der Waals surface area contributed by atoms with Crippen molar-refractivity contribution in [2.75, 3.05) is 30.4 Å². The van der Waals surface area contributed by atoms with Crippen LogP contribution in [0.3, 0.4) is 0 Å². The van der Waals surface area contributed by atoms with Gasteiger partial charge in [0.2, 0.25) is 28.6 Å². The van der Waals surface area contributed by atoms with E-state index in [0.29, 0.717) is 11.5 Å². The minimum absolute atomic E-state index is 0.0484. The summed E-state index contributed by atoms with van der Waals surface area (Å²) in [6.07, 6.45) is 0. The number of nitrogens with one attached hydrogen (secondary N) is 1. The van der Waals surface area contributed by atoms with Gasteiger partial charge in [0.15, 0.2) is 11.5 Å². The Labute approximate surface area is 188 Å². The Bertz CT molecular complexity index is 1070. The van der Waals surface area contributed by atoms with E-state index in [-0.39, 0.29) is 30.7 Å². The van der Waals surface area contributed by atoms with Crippen molar-refractivity contribution in [2.24, 2.45) is 0 Å². The van der Waals surface area contributed by atoms with Crippen LogP contribution in [-0.4, -0.2) is 57.3 Å². The van der Waals surface area contributed by atoms with Crippen molar-refractivity contribution in [3.05, 3.63) is 54.1 Å². The summed E-state index contributed by atoms with van der Waals surface area (Å²) in [7, 11) is -2.30. The minimum Gasteiger partial charge on any atom is -0.454 e. The van der Waals surface area contributed by atoms with Gasteiger partial charge in [-0.05, 0) is 31.5 Å². The molecule has 0 aliphatic carbocycles. The molecule has 32 heavy (non-hydrogen) atoms. The first-order valence-electron chi connectivity index (χ1n) is 10.2. The van der Waals surface area contributed by atoms with Crippen LogP contribution in [0.15, 0.2) is 48.5 Å².